The fourth-order valence-corrected chi connectivity index (χ4v) is 1.55. The number of methoxy groups -OCH3 is 1. The van der Waals surface area contributed by atoms with Crippen LogP contribution >= 0.6 is 15.9 Å². The second-order valence-electron chi connectivity index (χ2n) is 4.36. The highest BCUT2D eigenvalue weighted by Crippen LogP contribution is 2.22. The van der Waals surface area contributed by atoms with E-state index in [2.05, 4.69) is 20.9 Å². The summed E-state index contributed by atoms with van der Waals surface area (Å²) in [6, 6.07) is 1.88. The number of nitrogens with zero attached hydrogens (tertiary/aromatic N) is 1. The minimum absolute atomic E-state index is 0.178. The first-order valence-corrected chi connectivity index (χ1v) is 6.30. The molecule has 17 heavy (non-hydrogen) atoms. The Morgan fingerprint density at radius 1 is 1.47 bits per heavy atom. The monoisotopic (exact) mass is 302 g/mol. The van der Waals surface area contributed by atoms with E-state index in [1.807, 2.05) is 19.9 Å². The number of nitrogens with two attached hydrogens (primary N) is 1. The number of ether oxygens (including phenoxy) is 2. The largest absolute Gasteiger partial charge is 0.491 e. The minimum atomic E-state index is -0.178. The molecule has 0 aliphatic carbocycles. The van der Waals surface area contributed by atoms with Gasteiger partial charge in [-0.1, -0.05) is 0 Å². The van der Waals surface area contributed by atoms with Gasteiger partial charge in [-0.2, -0.15) is 0 Å². The topological polar surface area (TPSA) is 57.4 Å². The molecule has 1 heterocycles. The highest BCUT2D eigenvalue weighted by Gasteiger charge is 2.16. The maximum absolute atomic E-state index is 5.69. The lowest BCUT2D eigenvalue weighted by atomic mass is 10.1. The first-order chi connectivity index (χ1) is 7.98. The average molecular weight is 303 g/mol. The Kier molecular flexibility index (Phi) is 5.36. The van der Waals surface area contributed by atoms with Crippen molar-refractivity contribution in [2.24, 2.45) is 5.73 Å². The molecule has 2 N–H and O–H groups in total. The number of hydrogen-bond acceptors (Lipinski definition) is 4. The van der Waals surface area contributed by atoms with Crippen molar-refractivity contribution in [1.29, 1.82) is 0 Å². The Morgan fingerprint density at radius 3 is 2.76 bits per heavy atom. The molecular formula is C12H19BrN2O2. The molecule has 1 aromatic heterocycles. The first kappa shape index (κ1) is 14.4. The molecule has 5 heteroatoms. The van der Waals surface area contributed by atoms with Crippen molar-refractivity contribution >= 4 is 15.9 Å². The Labute approximate surface area is 111 Å². The van der Waals surface area contributed by atoms with Crippen molar-refractivity contribution in [3.8, 4) is 5.75 Å². The van der Waals surface area contributed by atoms with Gasteiger partial charge in [-0.3, -0.25) is 4.98 Å². The Morgan fingerprint density at radius 2 is 2.18 bits per heavy atom. The van der Waals surface area contributed by atoms with Crippen molar-refractivity contribution in [2.45, 2.75) is 32.4 Å². The summed E-state index contributed by atoms with van der Waals surface area (Å²) in [4.78, 5) is 4.20. The van der Waals surface area contributed by atoms with Crippen LogP contribution < -0.4 is 10.5 Å². The highest BCUT2D eigenvalue weighted by atomic mass is 79.9. The summed E-state index contributed by atoms with van der Waals surface area (Å²) in [7, 11) is 1.70. The first-order valence-electron chi connectivity index (χ1n) is 5.51. The molecule has 96 valence electrons. The van der Waals surface area contributed by atoms with Gasteiger partial charge < -0.3 is 15.2 Å². The Hall–Kier alpha value is -0.650. The maximum atomic E-state index is 5.69. The third kappa shape index (κ3) is 4.61. The van der Waals surface area contributed by atoms with Crippen molar-refractivity contribution in [3.05, 3.63) is 22.4 Å². The molecule has 0 fully saturated rings. The number of hydrogen-bond donors (Lipinski definition) is 1. The van der Waals surface area contributed by atoms with Gasteiger partial charge >= 0.3 is 0 Å². The quantitative estimate of drug-likeness (QED) is 0.877. The van der Waals surface area contributed by atoms with E-state index in [0.29, 0.717) is 13.2 Å². The molecule has 0 unspecified atom stereocenters. The number of aromatic nitrogens is 1. The fraction of sp³-hybridized carbons (Fsp3) is 0.583. The molecule has 0 saturated carbocycles. The Balaban J connectivity index is 2.59. The smallest absolute Gasteiger partial charge is 0.143 e. The van der Waals surface area contributed by atoms with E-state index >= 15 is 0 Å². The predicted octanol–water partition coefficient (Wildman–Crippen LogP) is 2.50. The van der Waals surface area contributed by atoms with E-state index in [1.165, 1.54) is 0 Å². The molecule has 4 nitrogen and oxygen atoms in total. The number of rotatable bonds is 6. The lowest BCUT2D eigenvalue weighted by molar-refractivity contribution is 0.00534. The van der Waals surface area contributed by atoms with Crippen LogP contribution in [-0.2, 0) is 11.3 Å². The lowest BCUT2D eigenvalue weighted by Crippen LogP contribution is -2.25. The van der Waals surface area contributed by atoms with Crippen LogP contribution in [0.1, 0.15) is 26.0 Å². The van der Waals surface area contributed by atoms with Gasteiger partial charge in [0, 0.05) is 30.7 Å². The van der Waals surface area contributed by atoms with E-state index in [4.69, 9.17) is 15.2 Å². The van der Waals surface area contributed by atoms with Crippen LogP contribution in [0.25, 0.3) is 0 Å². The molecule has 0 spiro atoms. The summed E-state index contributed by atoms with van der Waals surface area (Å²) in [5.41, 5.74) is 6.19. The van der Waals surface area contributed by atoms with Gasteiger partial charge in [0.2, 0.25) is 0 Å². The molecule has 0 amide bonds. The second kappa shape index (κ2) is 6.33. The highest BCUT2D eigenvalue weighted by molar-refractivity contribution is 9.10. The summed E-state index contributed by atoms with van der Waals surface area (Å²) >= 11 is 3.36. The summed E-state index contributed by atoms with van der Waals surface area (Å²) in [5.74, 6) is 0.730. The molecule has 1 rings (SSSR count). The third-order valence-corrected chi connectivity index (χ3v) is 3.04. The molecular weight excluding hydrogens is 284 g/mol. The van der Waals surface area contributed by atoms with E-state index in [9.17, 15) is 0 Å². The zero-order valence-electron chi connectivity index (χ0n) is 10.5. The molecule has 0 aliphatic heterocycles. The normalized spacial score (nSPS) is 11.6. The number of halogens is 1. The van der Waals surface area contributed by atoms with Gasteiger partial charge in [0.1, 0.15) is 5.75 Å². The molecule has 0 aliphatic rings. The van der Waals surface area contributed by atoms with E-state index in [0.717, 1.165) is 22.3 Å². The fourth-order valence-electron chi connectivity index (χ4n) is 1.24. The van der Waals surface area contributed by atoms with E-state index in [1.54, 1.807) is 13.3 Å². The van der Waals surface area contributed by atoms with Crippen molar-refractivity contribution in [3.63, 3.8) is 0 Å². The van der Waals surface area contributed by atoms with Crippen LogP contribution in [0.2, 0.25) is 0 Å². The number of pyridine rings is 1. The van der Waals surface area contributed by atoms with Crippen LogP contribution in [0.3, 0.4) is 0 Å². The van der Waals surface area contributed by atoms with Crippen LogP contribution in [0.4, 0.5) is 0 Å². The van der Waals surface area contributed by atoms with Crippen LogP contribution in [0.15, 0.2) is 16.7 Å². The molecule has 1 aromatic rings. The minimum Gasteiger partial charge on any atom is -0.491 e. The van der Waals surface area contributed by atoms with E-state index in [-0.39, 0.29) is 5.60 Å². The molecule has 0 radical (unpaired) electrons. The maximum Gasteiger partial charge on any atom is 0.143 e. The van der Waals surface area contributed by atoms with E-state index < -0.39 is 0 Å². The molecule has 0 aromatic carbocycles. The predicted molar refractivity (Wildman–Crippen MR) is 71.0 cm³/mol. The zero-order chi connectivity index (χ0) is 12.9. The summed E-state index contributed by atoms with van der Waals surface area (Å²) in [6.07, 6.45) is 2.52. The van der Waals surface area contributed by atoms with Crippen molar-refractivity contribution in [1.82, 2.24) is 4.98 Å². The van der Waals surface area contributed by atoms with Crippen LogP contribution in [-0.4, -0.2) is 24.3 Å². The zero-order valence-corrected chi connectivity index (χ0v) is 12.1. The summed E-state index contributed by atoms with van der Waals surface area (Å²) < 4.78 is 11.9. The Bertz CT molecular complexity index is 370. The van der Waals surface area contributed by atoms with Gasteiger partial charge in [-0.25, -0.2) is 0 Å². The lowest BCUT2D eigenvalue weighted by Gasteiger charge is -2.22. The average Bonchev–Trinajstić information content (AvgIpc) is 2.29. The van der Waals surface area contributed by atoms with Gasteiger partial charge in [-0.05, 0) is 35.8 Å². The van der Waals surface area contributed by atoms with Crippen molar-refractivity contribution < 1.29 is 9.47 Å². The summed E-state index contributed by atoms with van der Waals surface area (Å²) in [6.45, 7) is 5.00. The van der Waals surface area contributed by atoms with Crippen LogP contribution in [0.5, 0.6) is 5.75 Å². The van der Waals surface area contributed by atoms with Crippen molar-refractivity contribution in [2.75, 3.05) is 13.7 Å². The summed E-state index contributed by atoms with van der Waals surface area (Å²) in [5, 5.41) is 0. The third-order valence-electron chi connectivity index (χ3n) is 2.60. The standard InChI is InChI=1S/C12H19BrN2O2/c1-12(2,16-3)4-5-17-11-6-9(13)8-15-10(11)7-14/h6,8H,4-5,7,14H2,1-3H3. The van der Waals surface area contributed by atoms with Gasteiger partial charge in [-0.15, -0.1) is 0 Å². The molecule has 0 atom stereocenters. The van der Waals surface area contributed by atoms with Crippen LogP contribution in [0, 0.1) is 0 Å². The SMILES string of the molecule is COC(C)(C)CCOc1cc(Br)cnc1CN. The molecule has 0 saturated heterocycles. The van der Waals surface area contributed by atoms with Gasteiger partial charge in [0.15, 0.2) is 0 Å². The van der Waals surface area contributed by atoms with Gasteiger partial charge in [0.25, 0.3) is 0 Å². The second-order valence-corrected chi connectivity index (χ2v) is 5.28. The van der Waals surface area contributed by atoms with Gasteiger partial charge in [0.05, 0.1) is 17.9 Å². The molecule has 0 bridgehead atoms.